The van der Waals surface area contributed by atoms with Gasteiger partial charge in [-0.2, -0.15) is 0 Å². The third kappa shape index (κ3) is 4.02. The molecule has 0 atom stereocenters. The first-order valence-corrected chi connectivity index (χ1v) is 7.86. The SMILES string of the molecule is O=C(NCCc1ccc(Cl)cc1)c1ccc(-n2cccc2)cc1. The quantitative estimate of drug-likeness (QED) is 0.753. The van der Waals surface area contributed by atoms with Crippen LogP contribution in [0.1, 0.15) is 15.9 Å². The molecule has 3 nitrogen and oxygen atoms in total. The number of aromatic nitrogens is 1. The Balaban J connectivity index is 1.55. The Labute approximate surface area is 140 Å². The maximum Gasteiger partial charge on any atom is 0.251 e. The maximum absolute atomic E-state index is 12.1. The van der Waals surface area contributed by atoms with Crippen molar-refractivity contribution in [1.29, 1.82) is 0 Å². The second-order valence-electron chi connectivity index (χ2n) is 5.27. The summed E-state index contributed by atoms with van der Waals surface area (Å²) < 4.78 is 2.00. The van der Waals surface area contributed by atoms with Gasteiger partial charge in [0.05, 0.1) is 0 Å². The molecule has 1 heterocycles. The molecular formula is C19H17ClN2O. The van der Waals surface area contributed by atoms with Crippen molar-refractivity contribution in [3.05, 3.63) is 89.2 Å². The van der Waals surface area contributed by atoms with Crippen LogP contribution >= 0.6 is 11.6 Å². The molecule has 2 aromatic carbocycles. The van der Waals surface area contributed by atoms with Gasteiger partial charge in [0.2, 0.25) is 0 Å². The van der Waals surface area contributed by atoms with E-state index in [1.807, 2.05) is 77.6 Å². The van der Waals surface area contributed by atoms with Crippen LogP contribution in [0.2, 0.25) is 5.02 Å². The molecule has 0 saturated heterocycles. The van der Waals surface area contributed by atoms with E-state index in [0.29, 0.717) is 12.1 Å². The first kappa shape index (κ1) is 15.4. The summed E-state index contributed by atoms with van der Waals surface area (Å²) in [6.45, 7) is 0.597. The lowest BCUT2D eigenvalue weighted by Crippen LogP contribution is -2.25. The lowest BCUT2D eigenvalue weighted by molar-refractivity contribution is 0.0954. The normalized spacial score (nSPS) is 10.5. The smallest absolute Gasteiger partial charge is 0.251 e. The lowest BCUT2D eigenvalue weighted by atomic mass is 10.1. The van der Waals surface area contributed by atoms with Crippen LogP contribution in [0, 0.1) is 0 Å². The highest BCUT2D eigenvalue weighted by atomic mass is 35.5. The standard InChI is InChI=1S/C19H17ClN2O/c20-17-7-3-15(4-8-17)11-12-21-19(23)16-5-9-18(10-6-16)22-13-1-2-14-22/h1-10,13-14H,11-12H2,(H,21,23). The van der Waals surface area contributed by atoms with E-state index in [1.165, 1.54) is 0 Å². The first-order valence-electron chi connectivity index (χ1n) is 7.48. The molecule has 23 heavy (non-hydrogen) atoms. The third-order valence-electron chi connectivity index (χ3n) is 3.64. The van der Waals surface area contributed by atoms with Crippen molar-refractivity contribution < 1.29 is 4.79 Å². The Hall–Kier alpha value is -2.52. The molecule has 0 aliphatic heterocycles. The minimum absolute atomic E-state index is 0.0574. The van der Waals surface area contributed by atoms with E-state index in [-0.39, 0.29) is 5.91 Å². The predicted octanol–water partition coefficient (Wildman–Crippen LogP) is 4.10. The van der Waals surface area contributed by atoms with Crippen molar-refractivity contribution in [2.45, 2.75) is 6.42 Å². The fourth-order valence-electron chi connectivity index (χ4n) is 2.37. The summed E-state index contributed by atoms with van der Waals surface area (Å²) in [5.41, 5.74) is 2.85. The largest absolute Gasteiger partial charge is 0.352 e. The minimum Gasteiger partial charge on any atom is -0.352 e. The molecule has 0 spiro atoms. The first-order chi connectivity index (χ1) is 11.2. The summed E-state index contributed by atoms with van der Waals surface area (Å²) in [5, 5.41) is 3.66. The van der Waals surface area contributed by atoms with Gasteiger partial charge in [0.15, 0.2) is 0 Å². The molecule has 3 rings (SSSR count). The molecule has 3 aromatic rings. The van der Waals surface area contributed by atoms with Gasteiger partial charge in [-0.05, 0) is 60.5 Å². The number of benzene rings is 2. The van der Waals surface area contributed by atoms with Gasteiger partial charge in [0.1, 0.15) is 0 Å². The van der Waals surface area contributed by atoms with Gasteiger partial charge in [-0.3, -0.25) is 4.79 Å². The number of nitrogens with one attached hydrogen (secondary N) is 1. The highest BCUT2D eigenvalue weighted by Crippen LogP contribution is 2.11. The molecule has 0 unspecified atom stereocenters. The average molecular weight is 325 g/mol. The number of rotatable bonds is 5. The number of hydrogen-bond donors (Lipinski definition) is 1. The summed E-state index contributed by atoms with van der Waals surface area (Å²) in [7, 11) is 0. The van der Waals surface area contributed by atoms with Crippen LogP contribution in [0.3, 0.4) is 0 Å². The molecule has 4 heteroatoms. The fourth-order valence-corrected chi connectivity index (χ4v) is 2.49. The number of carbonyl (C=O) groups is 1. The number of halogens is 1. The van der Waals surface area contributed by atoms with Crippen molar-refractivity contribution in [2.75, 3.05) is 6.54 Å². The minimum atomic E-state index is -0.0574. The predicted molar refractivity (Wildman–Crippen MR) is 93.3 cm³/mol. The van der Waals surface area contributed by atoms with E-state index in [0.717, 1.165) is 22.7 Å². The Kier molecular flexibility index (Phi) is 4.79. The molecule has 1 amide bonds. The van der Waals surface area contributed by atoms with Crippen LogP contribution in [0.5, 0.6) is 0 Å². The summed E-state index contributed by atoms with van der Waals surface area (Å²) in [5.74, 6) is -0.0574. The summed E-state index contributed by atoms with van der Waals surface area (Å²) in [4.78, 5) is 12.1. The Bertz CT molecular complexity index is 762. The molecule has 0 aliphatic rings. The topological polar surface area (TPSA) is 34.0 Å². The van der Waals surface area contributed by atoms with Crippen LogP contribution in [-0.4, -0.2) is 17.0 Å². The van der Waals surface area contributed by atoms with Gasteiger partial charge in [-0.1, -0.05) is 23.7 Å². The zero-order valence-electron chi connectivity index (χ0n) is 12.6. The van der Waals surface area contributed by atoms with Crippen LogP contribution in [0.25, 0.3) is 5.69 Å². The van der Waals surface area contributed by atoms with E-state index in [9.17, 15) is 4.79 Å². The monoisotopic (exact) mass is 324 g/mol. The highest BCUT2D eigenvalue weighted by Gasteiger charge is 2.05. The second kappa shape index (κ2) is 7.16. The Morgan fingerprint density at radius 3 is 2.26 bits per heavy atom. The third-order valence-corrected chi connectivity index (χ3v) is 3.90. The van der Waals surface area contributed by atoms with Crippen LogP contribution in [-0.2, 0) is 6.42 Å². The molecule has 0 saturated carbocycles. The number of carbonyl (C=O) groups excluding carboxylic acids is 1. The molecule has 1 N–H and O–H groups in total. The lowest BCUT2D eigenvalue weighted by Gasteiger charge is -2.07. The van der Waals surface area contributed by atoms with Crippen molar-refractivity contribution in [2.24, 2.45) is 0 Å². The van der Waals surface area contributed by atoms with Crippen molar-refractivity contribution in [3.8, 4) is 5.69 Å². The van der Waals surface area contributed by atoms with Gasteiger partial charge >= 0.3 is 0 Å². The maximum atomic E-state index is 12.1. The Morgan fingerprint density at radius 1 is 0.957 bits per heavy atom. The van der Waals surface area contributed by atoms with E-state index >= 15 is 0 Å². The van der Waals surface area contributed by atoms with Crippen LogP contribution in [0.15, 0.2) is 73.1 Å². The van der Waals surface area contributed by atoms with Crippen LogP contribution in [0.4, 0.5) is 0 Å². The zero-order chi connectivity index (χ0) is 16.1. The fraction of sp³-hybridized carbons (Fsp3) is 0.105. The number of hydrogen-bond acceptors (Lipinski definition) is 1. The van der Waals surface area contributed by atoms with Gasteiger partial charge < -0.3 is 9.88 Å². The van der Waals surface area contributed by atoms with Crippen molar-refractivity contribution in [3.63, 3.8) is 0 Å². The summed E-state index contributed by atoms with van der Waals surface area (Å²) in [6, 6.07) is 19.2. The number of amides is 1. The van der Waals surface area contributed by atoms with E-state index < -0.39 is 0 Å². The van der Waals surface area contributed by atoms with E-state index in [1.54, 1.807) is 0 Å². The molecule has 0 aliphatic carbocycles. The zero-order valence-corrected chi connectivity index (χ0v) is 13.3. The van der Waals surface area contributed by atoms with Gasteiger partial charge in [-0.15, -0.1) is 0 Å². The molecular weight excluding hydrogens is 308 g/mol. The van der Waals surface area contributed by atoms with Crippen molar-refractivity contribution >= 4 is 17.5 Å². The molecule has 116 valence electrons. The average Bonchev–Trinajstić information content (AvgIpc) is 3.11. The van der Waals surface area contributed by atoms with Crippen LogP contribution < -0.4 is 5.32 Å². The molecule has 0 radical (unpaired) electrons. The van der Waals surface area contributed by atoms with Gasteiger partial charge in [-0.25, -0.2) is 0 Å². The summed E-state index contributed by atoms with van der Waals surface area (Å²) in [6.07, 6.45) is 4.73. The molecule has 1 aromatic heterocycles. The van der Waals surface area contributed by atoms with E-state index in [2.05, 4.69) is 5.32 Å². The summed E-state index contributed by atoms with van der Waals surface area (Å²) >= 11 is 5.85. The van der Waals surface area contributed by atoms with Gasteiger partial charge in [0, 0.05) is 35.2 Å². The van der Waals surface area contributed by atoms with E-state index in [4.69, 9.17) is 11.6 Å². The Morgan fingerprint density at radius 2 is 1.61 bits per heavy atom. The molecule has 0 bridgehead atoms. The van der Waals surface area contributed by atoms with Gasteiger partial charge in [0.25, 0.3) is 5.91 Å². The number of nitrogens with zero attached hydrogens (tertiary/aromatic N) is 1. The van der Waals surface area contributed by atoms with Crippen molar-refractivity contribution in [1.82, 2.24) is 9.88 Å². The second-order valence-corrected chi connectivity index (χ2v) is 5.71. The highest BCUT2D eigenvalue weighted by molar-refractivity contribution is 6.30. The molecule has 0 fully saturated rings.